The van der Waals surface area contributed by atoms with Crippen molar-refractivity contribution in [3.8, 4) is 0 Å². The van der Waals surface area contributed by atoms with Gasteiger partial charge in [0, 0.05) is 11.6 Å². The minimum Gasteiger partial charge on any atom is -0.463 e. The normalized spacial score (nSPS) is 11.8. The van der Waals surface area contributed by atoms with E-state index >= 15 is 0 Å². The lowest BCUT2D eigenvalue weighted by Crippen LogP contribution is -2.11. The Balaban J connectivity index is 4.01. The third kappa shape index (κ3) is 10.3. The van der Waals surface area contributed by atoms with Crippen LogP contribution in [0.5, 0.6) is 0 Å². The fourth-order valence-electron chi connectivity index (χ4n) is 1.17. The molecule has 0 unspecified atom stereocenters. The Bertz CT molecular complexity index is 316. The molecule has 0 aliphatic rings. The smallest absolute Gasteiger partial charge is 0.333 e. The maximum absolute atomic E-state index is 11.5. The summed E-state index contributed by atoms with van der Waals surface area (Å²) in [4.78, 5) is 23.0. The fraction of sp³-hybridized carbons (Fsp3) is 0.733. The van der Waals surface area contributed by atoms with Crippen molar-refractivity contribution in [3.63, 3.8) is 0 Å². The van der Waals surface area contributed by atoms with Crippen LogP contribution in [0.3, 0.4) is 0 Å². The first-order valence-corrected chi connectivity index (χ1v) is 6.85. The molecule has 0 aromatic carbocycles. The quantitative estimate of drug-likeness (QED) is 0.502. The van der Waals surface area contributed by atoms with Crippen molar-refractivity contribution in [1.29, 1.82) is 0 Å². The van der Waals surface area contributed by atoms with Crippen LogP contribution in [0.25, 0.3) is 0 Å². The van der Waals surface area contributed by atoms with Crippen molar-refractivity contribution in [2.24, 2.45) is 11.8 Å². The zero-order valence-corrected chi connectivity index (χ0v) is 12.7. The van der Waals surface area contributed by atoms with Gasteiger partial charge in [-0.15, -0.1) is 0 Å². The van der Waals surface area contributed by atoms with Gasteiger partial charge in [0.1, 0.15) is 0 Å². The molecule has 0 saturated carbocycles. The first-order valence-electron chi connectivity index (χ1n) is 6.85. The number of hydrogen-bond acceptors (Lipinski definition) is 4. The largest absolute Gasteiger partial charge is 0.463 e. The minimum atomic E-state index is -0.487. The minimum absolute atomic E-state index is 0.276. The first-order chi connectivity index (χ1) is 8.82. The molecule has 0 radical (unpaired) electrons. The van der Waals surface area contributed by atoms with Gasteiger partial charge in [0.25, 0.3) is 0 Å². The molecule has 0 aliphatic heterocycles. The number of carbonyl (C=O) groups excluding carboxylic acids is 2. The lowest BCUT2D eigenvalue weighted by Gasteiger charge is -2.07. The van der Waals surface area contributed by atoms with E-state index in [1.165, 1.54) is 6.08 Å². The molecule has 0 saturated heterocycles. The van der Waals surface area contributed by atoms with Crippen LogP contribution < -0.4 is 0 Å². The van der Waals surface area contributed by atoms with E-state index in [9.17, 15) is 9.59 Å². The molecule has 0 aromatic rings. The van der Waals surface area contributed by atoms with Gasteiger partial charge in [-0.3, -0.25) is 0 Å². The van der Waals surface area contributed by atoms with E-state index in [2.05, 4.69) is 27.7 Å². The fourth-order valence-corrected chi connectivity index (χ4v) is 1.17. The molecule has 0 aliphatic carbocycles. The molecule has 4 heteroatoms. The molecule has 0 aromatic heterocycles. The van der Waals surface area contributed by atoms with Crippen LogP contribution >= 0.6 is 0 Å². The highest BCUT2D eigenvalue weighted by Crippen LogP contribution is 2.04. The van der Waals surface area contributed by atoms with Crippen molar-refractivity contribution < 1.29 is 19.1 Å². The Kier molecular flexibility index (Phi) is 8.92. The molecular formula is C15H26O4. The Morgan fingerprint density at radius 2 is 1.42 bits per heavy atom. The van der Waals surface area contributed by atoms with Crippen LogP contribution in [-0.4, -0.2) is 25.2 Å². The van der Waals surface area contributed by atoms with Crippen molar-refractivity contribution in [3.05, 3.63) is 11.6 Å². The topological polar surface area (TPSA) is 52.6 Å². The summed E-state index contributed by atoms with van der Waals surface area (Å²) >= 11 is 0. The van der Waals surface area contributed by atoms with E-state index in [4.69, 9.17) is 9.47 Å². The highest BCUT2D eigenvalue weighted by Gasteiger charge is 2.09. The molecule has 0 rings (SSSR count). The van der Waals surface area contributed by atoms with E-state index in [-0.39, 0.29) is 5.57 Å². The second-order valence-corrected chi connectivity index (χ2v) is 5.50. The predicted octanol–water partition coefficient (Wildman–Crippen LogP) is 3.11. The second kappa shape index (κ2) is 9.59. The van der Waals surface area contributed by atoms with Gasteiger partial charge in [0.15, 0.2) is 0 Å². The Labute approximate surface area is 116 Å². The molecular weight excluding hydrogens is 244 g/mol. The van der Waals surface area contributed by atoms with Crippen molar-refractivity contribution in [1.82, 2.24) is 0 Å². The molecule has 0 atom stereocenters. The summed E-state index contributed by atoms with van der Waals surface area (Å²) in [6.45, 7) is 10.5. The second-order valence-electron chi connectivity index (χ2n) is 5.50. The van der Waals surface area contributed by atoms with E-state index in [0.717, 1.165) is 12.8 Å². The summed E-state index contributed by atoms with van der Waals surface area (Å²) in [5.41, 5.74) is 0.276. The predicted molar refractivity (Wildman–Crippen MR) is 74.6 cm³/mol. The van der Waals surface area contributed by atoms with Crippen LogP contribution in [0.2, 0.25) is 0 Å². The maximum atomic E-state index is 11.5. The molecule has 0 bridgehead atoms. The number of esters is 2. The van der Waals surface area contributed by atoms with Crippen LogP contribution in [0.15, 0.2) is 11.6 Å². The van der Waals surface area contributed by atoms with Gasteiger partial charge >= 0.3 is 11.9 Å². The third-order valence-electron chi connectivity index (χ3n) is 2.52. The summed E-state index contributed by atoms with van der Waals surface area (Å²) in [6.07, 6.45) is 2.83. The van der Waals surface area contributed by atoms with Gasteiger partial charge in [0.05, 0.1) is 13.2 Å². The van der Waals surface area contributed by atoms with E-state index in [1.807, 2.05) is 0 Å². The van der Waals surface area contributed by atoms with Gasteiger partial charge < -0.3 is 9.47 Å². The molecule has 0 spiro atoms. The van der Waals surface area contributed by atoms with Gasteiger partial charge in [-0.05, 0) is 31.6 Å². The van der Waals surface area contributed by atoms with E-state index in [1.54, 1.807) is 6.92 Å². The number of carbonyl (C=O) groups is 2. The zero-order chi connectivity index (χ0) is 14.8. The SMILES string of the molecule is CC(=CC(=O)OCCC(C)C)C(=O)OCCC(C)C. The number of hydrogen-bond donors (Lipinski definition) is 0. The molecule has 0 fully saturated rings. The van der Waals surface area contributed by atoms with Crippen molar-refractivity contribution >= 4 is 11.9 Å². The molecule has 110 valence electrons. The third-order valence-corrected chi connectivity index (χ3v) is 2.52. The van der Waals surface area contributed by atoms with Crippen LogP contribution in [0.4, 0.5) is 0 Å². The summed E-state index contributed by atoms with van der Waals surface area (Å²) < 4.78 is 10.0. The van der Waals surface area contributed by atoms with E-state index in [0.29, 0.717) is 25.0 Å². The lowest BCUT2D eigenvalue weighted by atomic mass is 10.1. The van der Waals surface area contributed by atoms with Crippen molar-refractivity contribution in [2.45, 2.75) is 47.5 Å². The van der Waals surface area contributed by atoms with Gasteiger partial charge in [-0.25, -0.2) is 9.59 Å². The van der Waals surface area contributed by atoms with E-state index < -0.39 is 11.9 Å². The number of rotatable bonds is 8. The molecule has 0 amide bonds. The first kappa shape index (κ1) is 17.7. The average Bonchev–Trinajstić information content (AvgIpc) is 2.27. The monoisotopic (exact) mass is 270 g/mol. The highest BCUT2D eigenvalue weighted by atomic mass is 16.5. The van der Waals surface area contributed by atoms with Crippen LogP contribution in [-0.2, 0) is 19.1 Å². The van der Waals surface area contributed by atoms with Gasteiger partial charge in [-0.2, -0.15) is 0 Å². The van der Waals surface area contributed by atoms with Crippen LogP contribution in [0.1, 0.15) is 47.5 Å². The number of ether oxygens (including phenoxy) is 2. The molecule has 0 heterocycles. The Morgan fingerprint density at radius 1 is 0.947 bits per heavy atom. The highest BCUT2D eigenvalue weighted by molar-refractivity contribution is 5.95. The van der Waals surface area contributed by atoms with Gasteiger partial charge in [0.2, 0.25) is 0 Å². The average molecular weight is 270 g/mol. The van der Waals surface area contributed by atoms with Crippen LogP contribution in [0, 0.1) is 11.8 Å². The molecule has 0 N–H and O–H groups in total. The van der Waals surface area contributed by atoms with Gasteiger partial charge in [-0.1, -0.05) is 27.7 Å². The summed E-state index contributed by atoms with van der Waals surface area (Å²) in [5, 5.41) is 0. The standard InChI is InChI=1S/C15H26O4/c1-11(2)6-8-18-14(16)10-13(5)15(17)19-9-7-12(3)4/h10-12H,6-9H2,1-5H3. The zero-order valence-electron chi connectivity index (χ0n) is 12.7. The summed E-state index contributed by atoms with van der Waals surface area (Å²) in [6, 6.07) is 0. The molecule has 4 nitrogen and oxygen atoms in total. The lowest BCUT2D eigenvalue weighted by molar-refractivity contribution is -0.141. The molecule has 19 heavy (non-hydrogen) atoms. The Hall–Kier alpha value is -1.32. The maximum Gasteiger partial charge on any atom is 0.333 e. The summed E-state index contributed by atoms with van der Waals surface area (Å²) in [5.74, 6) is 0.0254. The Morgan fingerprint density at radius 3 is 1.89 bits per heavy atom. The van der Waals surface area contributed by atoms with Crippen molar-refractivity contribution in [2.75, 3.05) is 13.2 Å². The summed E-state index contributed by atoms with van der Waals surface area (Å²) in [7, 11) is 0.